The van der Waals surface area contributed by atoms with Crippen LogP contribution in [0, 0.1) is 13.8 Å². The standard InChI is InChI=1S/C20H29N3O3/c1-6-23(7-2)11-10-22(5)20(24)19-13-18(26-21-19)14-25-17-9-8-15(3)16(4)12-17/h8-9,12-13H,6-7,10-11,14H2,1-5H3. The lowest BCUT2D eigenvalue weighted by atomic mass is 10.1. The maximum atomic E-state index is 12.4. The minimum atomic E-state index is -0.140. The molecule has 1 aromatic carbocycles. The molecule has 6 nitrogen and oxygen atoms in total. The third-order valence-corrected chi connectivity index (χ3v) is 4.63. The Morgan fingerprint density at radius 3 is 2.50 bits per heavy atom. The molecule has 0 bridgehead atoms. The number of aryl methyl sites for hydroxylation is 2. The number of carbonyl (C=O) groups excluding carboxylic acids is 1. The Hall–Kier alpha value is -2.34. The Balaban J connectivity index is 1.89. The van der Waals surface area contributed by atoms with Gasteiger partial charge < -0.3 is 19.1 Å². The highest BCUT2D eigenvalue weighted by Gasteiger charge is 2.17. The van der Waals surface area contributed by atoms with Crippen molar-refractivity contribution in [2.45, 2.75) is 34.3 Å². The van der Waals surface area contributed by atoms with Gasteiger partial charge in [-0.1, -0.05) is 25.1 Å². The van der Waals surface area contributed by atoms with E-state index < -0.39 is 0 Å². The summed E-state index contributed by atoms with van der Waals surface area (Å²) in [6.07, 6.45) is 0. The van der Waals surface area contributed by atoms with Gasteiger partial charge in [0.2, 0.25) is 0 Å². The molecule has 142 valence electrons. The van der Waals surface area contributed by atoms with Gasteiger partial charge in [-0.25, -0.2) is 0 Å². The smallest absolute Gasteiger partial charge is 0.275 e. The van der Waals surface area contributed by atoms with Crippen molar-refractivity contribution in [3.05, 3.63) is 46.8 Å². The van der Waals surface area contributed by atoms with Crippen molar-refractivity contribution in [1.82, 2.24) is 15.0 Å². The number of rotatable bonds is 9. The molecule has 2 rings (SSSR count). The summed E-state index contributed by atoms with van der Waals surface area (Å²) in [7, 11) is 1.78. The van der Waals surface area contributed by atoms with Gasteiger partial charge in [0.05, 0.1) is 0 Å². The van der Waals surface area contributed by atoms with E-state index in [1.165, 1.54) is 11.1 Å². The van der Waals surface area contributed by atoms with Crippen LogP contribution in [0.5, 0.6) is 5.75 Å². The zero-order valence-electron chi connectivity index (χ0n) is 16.4. The predicted molar refractivity (Wildman–Crippen MR) is 101 cm³/mol. The number of amides is 1. The molecule has 1 heterocycles. The predicted octanol–water partition coefficient (Wildman–Crippen LogP) is 3.28. The van der Waals surface area contributed by atoms with Crippen LogP contribution in [0.25, 0.3) is 0 Å². The second kappa shape index (κ2) is 9.38. The minimum absolute atomic E-state index is 0.140. The Morgan fingerprint density at radius 2 is 1.85 bits per heavy atom. The van der Waals surface area contributed by atoms with Gasteiger partial charge in [0, 0.05) is 26.2 Å². The van der Waals surface area contributed by atoms with E-state index in [4.69, 9.17) is 9.26 Å². The molecule has 0 aliphatic carbocycles. The van der Waals surface area contributed by atoms with E-state index in [1.54, 1.807) is 18.0 Å². The average Bonchev–Trinajstić information content (AvgIpc) is 3.11. The van der Waals surface area contributed by atoms with Crippen LogP contribution >= 0.6 is 0 Å². The van der Waals surface area contributed by atoms with Gasteiger partial charge >= 0.3 is 0 Å². The van der Waals surface area contributed by atoms with Crippen molar-refractivity contribution in [3.8, 4) is 5.75 Å². The fourth-order valence-electron chi connectivity index (χ4n) is 2.57. The molecule has 0 aliphatic heterocycles. The van der Waals surface area contributed by atoms with E-state index in [0.29, 0.717) is 18.0 Å². The summed E-state index contributed by atoms with van der Waals surface area (Å²) in [6.45, 7) is 12.0. The van der Waals surface area contributed by atoms with Crippen molar-refractivity contribution < 1.29 is 14.1 Å². The fraction of sp³-hybridized carbons (Fsp3) is 0.500. The summed E-state index contributed by atoms with van der Waals surface area (Å²) < 4.78 is 11.0. The highest BCUT2D eigenvalue weighted by atomic mass is 16.5. The van der Waals surface area contributed by atoms with Gasteiger partial charge in [0.1, 0.15) is 12.4 Å². The number of ether oxygens (including phenoxy) is 1. The third-order valence-electron chi connectivity index (χ3n) is 4.63. The van der Waals surface area contributed by atoms with Crippen LogP contribution in [-0.2, 0) is 6.61 Å². The first-order valence-corrected chi connectivity index (χ1v) is 9.08. The lowest BCUT2D eigenvalue weighted by Crippen LogP contribution is -2.36. The van der Waals surface area contributed by atoms with Crippen LogP contribution in [0.2, 0.25) is 0 Å². The quantitative estimate of drug-likeness (QED) is 0.688. The van der Waals surface area contributed by atoms with Gasteiger partial charge in [0.25, 0.3) is 5.91 Å². The molecule has 0 saturated carbocycles. The summed E-state index contributed by atoms with van der Waals surface area (Å²) in [5, 5.41) is 3.89. The number of carbonyl (C=O) groups is 1. The molecule has 6 heteroatoms. The summed E-state index contributed by atoms with van der Waals surface area (Å²) in [6, 6.07) is 7.58. The molecule has 0 unspecified atom stereocenters. The molecular weight excluding hydrogens is 330 g/mol. The maximum Gasteiger partial charge on any atom is 0.275 e. The van der Waals surface area contributed by atoms with Gasteiger partial charge in [-0.2, -0.15) is 0 Å². The van der Waals surface area contributed by atoms with E-state index in [1.807, 2.05) is 25.1 Å². The lowest BCUT2D eigenvalue weighted by Gasteiger charge is -2.22. The molecule has 0 aliphatic rings. The maximum absolute atomic E-state index is 12.4. The SMILES string of the molecule is CCN(CC)CCN(C)C(=O)c1cc(COc2ccc(C)c(C)c2)on1. The Labute approximate surface area is 155 Å². The van der Waals surface area contributed by atoms with E-state index in [0.717, 1.165) is 25.4 Å². The summed E-state index contributed by atoms with van der Waals surface area (Å²) in [5.41, 5.74) is 2.70. The number of likely N-dealkylation sites (N-methyl/N-ethyl adjacent to an activating group) is 2. The summed E-state index contributed by atoms with van der Waals surface area (Å²) in [4.78, 5) is 16.4. The summed E-state index contributed by atoms with van der Waals surface area (Å²) in [5.74, 6) is 1.16. The minimum Gasteiger partial charge on any atom is -0.486 e. The van der Waals surface area contributed by atoms with Crippen LogP contribution in [0.1, 0.15) is 41.2 Å². The van der Waals surface area contributed by atoms with Crippen LogP contribution in [0.4, 0.5) is 0 Å². The molecule has 0 N–H and O–H groups in total. The molecular formula is C20H29N3O3. The lowest BCUT2D eigenvalue weighted by molar-refractivity contribution is 0.0769. The highest BCUT2D eigenvalue weighted by molar-refractivity contribution is 5.92. The van der Waals surface area contributed by atoms with Gasteiger partial charge in [-0.05, 0) is 50.2 Å². The molecule has 1 amide bonds. The number of hydrogen-bond donors (Lipinski definition) is 0. The van der Waals surface area contributed by atoms with Crippen molar-refractivity contribution in [2.24, 2.45) is 0 Å². The molecule has 2 aromatic rings. The summed E-state index contributed by atoms with van der Waals surface area (Å²) >= 11 is 0. The Kier molecular flexibility index (Phi) is 7.21. The monoisotopic (exact) mass is 359 g/mol. The van der Waals surface area contributed by atoms with Gasteiger partial charge in [-0.3, -0.25) is 4.79 Å². The molecule has 1 aromatic heterocycles. The van der Waals surface area contributed by atoms with E-state index >= 15 is 0 Å². The first-order valence-electron chi connectivity index (χ1n) is 9.08. The van der Waals surface area contributed by atoms with Crippen molar-refractivity contribution in [3.63, 3.8) is 0 Å². The van der Waals surface area contributed by atoms with Gasteiger partial charge in [0.15, 0.2) is 11.5 Å². The van der Waals surface area contributed by atoms with Crippen molar-refractivity contribution in [2.75, 3.05) is 33.2 Å². The normalized spacial score (nSPS) is 11.0. The molecule has 0 saturated heterocycles. The number of nitrogens with zero attached hydrogens (tertiary/aromatic N) is 3. The highest BCUT2D eigenvalue weighted by Crippen LogP contribution is 2.18. The number of hydrogen-bond acceptors (Lipinski definition) is 5. The van der Waals surface area contributed by atoms with Crippen LogP contribution in [0.15, 0.2) is 28.8 Å². The second-order valence-electron chi connectivity index (χ2n) is 6.47. The topological polar surface area (TPSA) is 58.8 Å². The van der Waals surface area contributed by atoms with Crippen LogP contribution in [-0.4, -0.2) is 54.1 Å². The average molecular weight is 359 g/mol. The third kappa shape index (κ3) is 5.33. The van der Waals surface area contributed by atoms with Crippen LogP contribution < -0.4 is 4.74 Å². The molecule has 26 heavy (non-hydrogen) atoms. The first-order chi connectivity index (χ1) is 12.4. The zero-order valence-corrected chi connectivity index (χ0v) is 16.4. The molecule has 0 radical (unpaired) electrons. The van der Waals surface area contributed by atoms with Crippen LogP contribution in [0.3, 0.4) is 0 Å². The van der Waals surface area contributed by atoms with E-state index in [-0.39, 0.29) is 12.5 Å². The van der Waals surface area contributed by atoms with Gasteiger partial charge in [-0.15, -0.1) is 0 Å². The Bertz CT molecular complexity index is 723. The first kappa shape index (κ1) is 20.0. The zero-order chi connectivity index (χ0) is 19.1. The van der Waals surface area contributed by atoms with Crippen molar-refractivity contribution >= 4 is 5.91 Å². The van der Waals surface area contributed by atoms with E-state index in [2.05, 4.69) is 30.8 Å². The largest absolute Gasteiger partial charge is 0.486 e. The second-order valence-corrected chi connectivity index (χ2v) is 6.47. The molecule has 0 fully saturated rings. The molecule has 0 spiro atoms. The van der Waals surface area contributed by atoms with Crippen molar-refractivity contribution in [1.29, 1.82) is 0 Å². The fourth-order valence-corrected chi connectivity index (χ4v) is 2.57. The van der Waals surface area contributed by atoms with E-state index in [9.17, 15) is 4.79 Å². The molecule has 0 atom stereocenters. The Morgan fingerprint density at radius 1 is 1.12 bits per heavy atom. The number of benzene rings is 1. The number of aromatic nitrogens is 1.